The maximum atomic E-state index is 13.1. The van der Waals surface area contributed by atoms with E-state index in [-0.39, 0.29) is 30.5 Å². The van der Waals surface area contributed by atoms with E-state index in [1.807, 2.05) is 0 Å². The van der Waals surface area contributed by atoms with Crippen LogP contribution in [0.25, 0.3) is 11.3 Å². The van der Waals surface area contributed by atoms with Crippen molar-refractivity contribution in [3.05, 3.63) is 72.0 Å². The summed E-state index contributed by atoms with van der Waals surface area (Å²) in [5.41, 5.74) is 1.41. The molecule has 0 aliphatic rings. The van der Waals surface area contributed by atoms with E-state index in [0.29, 0.717) is 5.69 Å². The minimum absolute atomic E-state index is 0.121. The van der Waals surface area contributed by atoms with Crippen molar-refractivity contribution in [3.8, 4) is 17.1 Å². The largest absolute Gasteiger partial charge is 0.475 e. The number of aromatic nitrogens is 2. The standard InChI is InChI=1S/C19H15F3N4O2/c20-13-3-1-12(2-4-13)17-7-8-18(26-25-17)28-10-9-23-19(27)24-14-5-6-15(21)16(22)11-14/h1-8,11H,9-10H2,(H2,23,24,27). The summed E-state index contributed by atoms with van der Waals surface area (Å²) in [5, 5.41) is 12.8. The molecule has 6 nitrogen and oxygen atoms in total. The van der Waals surface area contributed by atoms with Crippen molar-refractivity contribution in [1.29, 1.82) is 0 Å². The van der Waals surface area contributed by atoms with Crippen molar-refractivity contribution in [3.63, 3.8) is 0 Å². The lowest BCUT2D eigenvalue weighted by Gasteiger charge is -2.09. The minimum Gasteiger partial charge on any atom is -0.475 e. The molecule has 0 unspecified atom stereocenters. The zero-order valence-electron chi connectivity index (χ0n) is 14.5. The third kappa shape index (κ3) is 5.19. The van der Waals surface area contributed by atoms with E-state index < -0.39 is 17.7 Å². The summed E-state index contributed by atoms with van der Waals surface area (Å²) in [7, 11) is 0. The Labute approximate surface area is 158 Å². The lowest BCUT2D eigenvalue weighted by molar-refractivity contribution is 0.246. The number of rotatable bonds is 6. The number of urea groups is 1. The molecule has 0 fully saturated rings. The topological polar surface area (TPSA) is 76.1 Å². The lowest BCUT2D eigenvalue weighted by atomic mass is 10.1. The van der Waals surface area contributed by atoms with Crippen LogP contribution in [0.1, 0.15) is 0 Å². The number of hydrogen-bond donors (Lipinski definition) is 2. The average Bonchev–Trinajstić information content (AvgIpc) is 2.69. The van der Waals surface area contributed by atoms with Crippen LogP contribution in [0, 0.1) is 17.5 Å². The molecule has 0 saturated heterocycles. The number of ether oxygens (including phenoxy) is 1. The highest BCUT2D eigenvalue weighted by Crippen LogP contribution is 2.18. The van der Waals surface area contributed by atoms with Crippen LogP contribution in [-0.2, 0) is 0 Å². The second-order valence-corrected chi connectivity index (χ2v) is 5.62. The molecule has 3 rings (SSSR count). The number of hydrogen-bond acceptors (Lipinski definition) is 4. The van der Waals surface area contributed by atoms with Crippen LogP contribution in [0.2, 0.25) is 0 Å². The van der Waals surface area contributed by atoms with Crippen molar-refractivity contribution in [2.45, 2.75) is 0 Å². The number of halogens is 3. The smallest absolute Gasteiger partial charge is 0.319 e. The number of benzene rings is 2. The van der Waals surface area contributed by atoms with Gasteiger partial charge in [-0.1, -0.05) is 0 Å². The fraction of sp³-hybridized carbons (Fsp3) is 0.105. The normalized spacial score (nSPS) is 10.4. The quantitative estimate of drug-likeness (QED) is 0.631. The van der Waals surface area contributed by atoms with Gasteiger partial charge in [0.25, 0.3) is 0 Å². The maximum Gasteiger partial charge on any atom is 0.319 e. The molecular formula is C19H15F3N4O2. The zero-order chi connectivity index (χ0) is 19.9. The fourth-order valence-corrected chi connectivity index (χ4v) is 2.24. The van der Waals surface area contributed by atoms with E-state index in [2.05, 4.69) is 20.8 Å². The molecule has 0 bridgehead atoms. The Bertz CT molecular complexity index is 950. The van der Waals surface area contributed by atoms with E-state index in [1.165, 1.54) is 18.2 Å². The summed E-state index contributed by atoms with van der Waals surface area (Å²) in [6, 6.07) is 11.6. The van der Waals surface area contributed by atoms with Crippen molar-refractivity contribution in [2.24, 2.45) is 0 Å². The van der Waals surface area contributed by atoms with E-state index in [9.17, 15) is 18.0 Å². The van der Waals surface area contributed by atoms with Gasteiger partial charge in [-0.3, -0.25) is 0 Å². The first kappa shape index (κ1) is 19.2. The molecule has 0 aliphatic heterocycles. The Hall–Kier alpha value is -3.62. The van der Waals surface area contributed by atoms with Crippen molar-refractivity contribution in [2.75, 3.05) is 18.5 Å². The highest BCUT2D eigenvalue weighted by molar-refractivity contribution is 5.89. The minimum atomic E-state index is -1.05. The van der Waals surface area contributed by atoms with Gasteiger partial charge in [0.05, 0.1) is 12.2 Å². The van der Waals surface area contributed by atoms with Gasteiger partial charge in [0.15, 0.2) is 11.6 Å². The lowest BCUT2D eigenvalue weighted by Crippen LogP contribution is -2.32. The second-order valence-electron chi connectivity index (χ2n) is 5.62. The van der Waals surface area contributed by atoms with Crippen LogP contribution in [-0.4, -0.2) is 29.4 Å². The number of carbonyl (C=O) groups excluding carboxylic acids is 1. The predicted octanol–water partition coefficient (Wildman–Crippen LogP) is 3.76. The molecule has 0 atom stereocenters. The van der Waals surface area contributed by atoms with Gasteiger partial charge in [-0.15, -0.1) is 10.2 Å². The molecule has 144 valence electrons. The van der Waals surface area contributed by atoms with E-state index >= 15 is 0 Å². The number of nitrogens with zero attached hydrogens (tertiary/aromatic N) is 2. The van der Waals surface area contributed by atoms with E-state index in [4.69, 9.17) is 4.74 Å². The van der Waals surface area contributed by atoms with Crippen LogP contribution in [0.5, 0.6) is 5.88 Å². The molecule has 0 aliphatic carbocycles. The summed E-state index contributed by atoms with van der Waals surface area (Å²) in [6.07, 6.45) is 0. The van der Waals surface area contributed by atoms with Crippen LogP contribution in [0.15, 0.2) is 54.6 Å². The average molecular weight is 388 g/mol. The van der Waals surface area contributed by atoms with Gasteiger partial charge in [-0.25, -0.2) is 18.0 Å². The molecule has 1 heterocycles. The van der Waals surface area contributed by atoms with Crippen molar-refractivity contribution < 1.29 is 22.7 Å². The van der Waals surface area contributed by atoms with Crippen LogP contribution in [0.3, 0.4) is 0 Å². The Kier molecular flexibility index (Phi) is 6.05. The Morgan fingerprint density at radius 2 is 1.71 bits per heavy atom. The monoisotopic (exact) mass is 388 g/mol. The predicted molar refractivity (Wildman–Crippen MR) is 96.3 cm³/mol. The van der Waals surface area contributed by atoms with Gasteiger partial charge >= 0.3 is 6.03 Å². The molecule has 0 saturated carbocycles. The SMILES string of the molecule is O=C(NCCOc1ccc(-c2ccc(F)cc2)nn1)Nc1ccc(F)c(F)c1. The van der Waals surface area contributed by atoms with Crippen LogP contribution >= 0.6 is 0 Å². The number of nitrogens with one attached hydrogen (secondary N) is 2. The van der Waals surface area contributed by atoms with Gasteiger partial charge in [-0.2, -0.15) is 0 Å². The molecule has 2 amide bonds. The summed E-state index contributed by atoms with van der Waals surface area (Å²) >= 11 is 0. The molecule has 1 aromatic heterocycles. The molecule has 2 N–H and O–H groups in total. The van der Waals surface area contributed by atoms with E-state index in [1.54, 1.807) is 24.3 Å². The Morgan fingerprint density at radius 3 is 2.39 bits per heavy atom. The first-order chi connectivity index (χ1) is 13.5. The third-order valence-corrected chi connectivity index (χ3v) is 3.60. The summed E-state index contributed by atoms with van der Waals surface area (Å²) in [6.45, 7) is 0.271. The molecule has 2 aromatic carbocycles. The van der Waals surface area contributed by atoms with Crippen LogP contribution in [0.4, 0.5) is 23.7 Å². The fourth-order valence-electron chi connectivity index (χ4n) is 2.24. The molecule has 0 radical (unpaired) electrons. The number of carbonyl (C=O) groups is 1. The van der Waals surface area contributed by atoms with Gasteiger partial charge in [0.1, 0.15) is 12.4 Å². The maximum absolute atomic E-state index is 13.1. The first-order valence-electron chi connectivity index (χ1n) is 8.23. The second kappa shape index (κ2) is 8.85. The highest BCUT2D eigenvalue weighted by Gasteiger charge is 2.06. The number of amides is 2. The van der Waals surface area contributed by atoms with Crippen molar-refractivity contribution in [1.82, 2.24) is 15.5 Å². The van der Waals surface area contributed by atoms with Crippen molar-refractivity contribution >= 4 is 11.7 Å². The molecule has 3 aromatic rings. The van der Waals surface area contributed by atoms with Gasteiger partial charge < -0.3 is 15.4 Å². The third-order valence-electron chi connectivity index (χ3n) is 3.60. The Balaban J connectivity index is 1.42. The summed E-state index contributed by atoms with van der Waals surface area (Å²) < 4.78 is 44.2. The molecular weight excluding hydrogens is 373 g/mol. The molecule has 28 heavy (non-hydrogen) atoms. The van der Waals surface area contributed by atoms with Gasteiger partial charge in [-0.05, 0) is 42.5 Å². The van der Waals surface area contributed by atoms with Crippen LogP contribution < -0.4 is 15.4 Å². The highest BCUT2D eigenvalue weighted by atomic mass is 19.2. The van der Waals surface area contributed by atoms with Gasteiger partial charge in [0, 0.05) is 23.4 Å². The zero-order valence-corrected chi connectivity index (χ0v) is 14.5. The molecule has 9 heteroatoms. The first-order valence-corrected chi connectivity index (χ1v) is 8.23. The Morgan fingerprint density at radius 1 is 0.929 bits per heavy atom. The van der Waals surface area contributed by atoms with E-state index in [0.717, 1.165) is 17.7 Å². The van der Waals surface area contributed by atoms with Gasteiger partial charge in [0.2, 0.25) is 5.88 Å². The summed E-state index contributed by atoms with van der Waals surface area (Å²) in [5.74, 6) is -2.12. The number of anilines is 1. The summed E-state index contributed by atoms with van der Waals surface area (Å²) in [4.78, 5) is 11.7. The molecule has 0 spiro atoms.